The molecule has 2 heterocycles. The number of aromatic nitrogens is 1. The van der Waals surface area contributed by atoms with Gasteiger partial charge in [-0.05, 0) is 30.0 Å². The van der Waals surface area contributed by atoms with Gasteiger partial charge in [0.05, 0.1) is 12.1 Å². The Balaban J connectivity index is 1.72. The fraction of sp³-hybridized carbons (Fsp3) is 0.182. The molecule has 0 aliphatic carbocycles. The fourth-order valence-electron chi connectivity index (χ4n) is 3.29. The highest BCUT2D eigenvalue weighted by Crippen LogP contribution is 2.32. The first-order valence-corrected chi connectivity index (χ1v) is 10.1. The predicted octanol–water partition coefficient (Wildman–Crippen LogP) is 4.58. The number of rotatable bonds is 3. The zero-order valence-corrected chi connectivity index (χ0v) is 15.9. The second kappa shape index (κ2) is 7.84. The summed E-state index contributed by atoms with van der Waals surface area (Å²) in [6.45, 7) is 1.00. The van der Waals surface area contributed by atoms with E-state index in [4.69, 9.17) is 4.74 Å². The Hall–Kier alpha value is -2.79. The quantitative estimate of drug-likeness (QED) is 0.628. The molecule has 27 heavy (non-hydrogen) atoms. The molecule has 1 aliphatic rings. The van der Waals surface area contributed by atoms with Gasteiger partial charge < -0.3 is 9.64 Å². The van der Waals surface area contributed by atoms with Gasteiger partial charge in [-0.3, -0.25) is 4.79 Å². The number of benzene rings is 2. The van der Waals surface area contributed by atoms with Crippen LogP contribution in [0.3, 0.4) is 0 Å². The molecular formula is C22H20N2O2S. The van der Waals surface area contributed by atoms with Crippen LogP contribution >= 0.6 is 11.8 Å². The lowest BCUT2D eigenvalue weighted by Gasteiger charge is -2.25. The smallest absolute Gasteiger partial charge is 0.257 e. The summed E-state index contributed by atoms with van der Waals surface area (Å²) in [5, 5.41) is 0.747. The van der Waals surface area contributed by atoms with Gasteiger partial charge in [-0.2, -0.15) is 0 Å². The molecule has 0 N–H and O–H groups in total. The van der Waals surface area contributed by atoms with E-state index in [0.29, 0.717) is 18.7 Å². The van der Waals surface area contributed by atoms with Gasteiger partial charge in [-0.25, -0.2) is 4.98 Å². The van der Waals surface area contributed by atoms with Crippen LogP contribution in [-0.4, -0.2) is 28.6 Å². The number of amides is 1. The number of carbonyl (C=O) groups excluding carboxylic acids is 1. The molecule has 0 fully saturated rings. The zero-order valence-electron chi connectivity index (χ0n) is 15.0. The zero-order chi connectivity index (χ0) is 18.6. The standard InChI is InChI=1S/C22H20N2O2S/c1-27-21-18(11-7-13-23-21)22(25)24-14-17-10-5-6-12-19(17)26-20(15-24)16-8-3-2-4-9-16/h2-13,20H,14-15H2,1H3. The normalized spacial score (nSPS) is 16.2. The molecule has 0 saturated carbocycles. The highest BCUT2D eigenvalue weighted by atomic mass is 32.2. The minimum atomic E-state index is -0.215. The lowest BCUT2D eigenvalue weighted by Crippen LogP contribution is -2.34. The summed E-state index contributed by atoms with van der Waals surface area (Å²) >= 11 is 1.49. The van der Waals surface area contributed by atoms with Crippen LogP contribution in [0, 0.1) is 0 Å². The summed E-state index contributed by atoms with van der Waals surface area (Å²) in [5.74, 6) is 0.812. The Labute approximate surface area is 163 Å². The van der Waals surface area contributed by atoms with E-state index in [-0.39, 0.29) is 12.0 Å². The maximum atomic E-state index is 13.3. The average molecular weight is 376 g/mol. The number of thioether (sulfide) groups is 1. The van der Waals surface area contributed by atoms with E-state index < -0.39 is 0 Å². The summed E-state index contributed by atoms with van der Waals surface area (Å²) < 4.78 is 6.30. The first-order valence-electron chi connectivity index (χ1n) is 8.84. The Kier molecular flexibility index (Phi) is 5.12. The molecule has 1 amide bonds. The first kappa shape index (κ1) is 17.6. The van der Waals surface area contributed by atoms with E-state index in [0.717, 1.165) is 21.9 Å². The summed E-state index contributed by atoms with van der Waals surface area (Å²) in [4.78, 5) is 19.5. The van der Waals surface area contributed by atoms with E-state index in [1.54, 1.807) is 6.20 Å². The SMILES string of the molecule is CSc1ncccc1C(=O)N1Cc2ccccc2OC(c2ccccc2)C1. The highest BCUT2D eigenvalue weighted by molar-refractivity contribution is 7.98. The molecule has 1 atom stereocenters. The third-order valence-electron chi connectivity index (χ3n) is 4.64. The van der Waals surface area contributed by atoms with E-state index in [9.17, 15) is 4.79 Å². The van der Waals surface area contributed by atoms with Crippen molar-refractivity contribution in [2.45, 2.75) is 17.7 Å². The number of ether oxygens (including phenoxy) is 1. The van der Waals surface area contributed by atoms with Gasteiger partial charge in [0.15, 0.2) is 0 Å². The fourth-order valence-corrected chi connectivity index (χ4v) is 3.83. The van der Waals surface area contributed by atoms with Gasteiger partial charge in [0.25, 0.3) is 5.91 Å². The van der Waals surface area contributed by atoms with Crippen molar-refractivity contribution in [3.05, 3.63) is 89.6 Å². The second-order valence-electron chi connectivity index (χ2n) is 6.37. The molecule has 0 bridgehead atoms. The van der Waals surface area contributed by atoms with E-state index in [1.165, 1.54) is 11.8 Å². The predicted molar refractivity (Wildman–Crippen MR) is 107 cm³/mol. The maximum absolute atomic E-state index is 13.3. The molecule has 136 valence electrons. The van der Waals surface area contributed by atoms with Gasteiger partial charge in [0, 0.05) is 18.3 Å². The van der Waals surface area contributed by atoms with Crippen LogP contribution in [-0.2, 0) is 6.54 Å². The van der Waals surface area contributed by atoms with Crippen LogP contribution in [0.15, 0.2) is 78.0 Å². The number of hydrogen-bond donors (Lipinski definition) is 0. The first-order chi connectivity index (χ1) is 13.3. The molecule has 4 nitrogen and oxygen atoms in total. The topological polar surface area (TPSA) is 42.4 Å². The van der Waals surface area contributed by atoms with Gasteiger partial charge >= 0.3 is 0 Å². The second-order valence-corrected chi connectivity index (χ2v) is 7.17. The van der Waals surface area contributed by atoms with Crippen molar-refractivity contribution in [1.29, 1.82) is 0 Å². The van der Waals surface area contributed by atoms with Crippen molar-refractivity contribution in [3.8, 4) is 5.75 Å². The minimum absolute atomic E-state index is 0.0197. The third-order valence-corrected chi connectivity index (χ3v) is 5.35. The Bertz CT molecular complexity index is 946. The van der Waals surface area contributed by atoms with Gasteiger partial charge in [0.2, 0.25) is 0 Å². The molecule has 1 aliphatic heterocycles. The van der Waals surface area contributed by atoms with Crippen LogP contribution in [0.4, 0.5) is 0 Å². The van der Waals surface area contributed by atoms with Crippen LogP contribution < -0.4 is 4.74 Å². The number of hydrogen-bond acceptors (Lipinski definition) is 4. The van der Waals surface area contributed by atoms with Crippen LogP contribution in [0.2, 0.25) is 0 Å². The summed E-state index contributed by atoms with van der Waals surface area (Å²) in [6.07, 6.45) is 3.44. The molecule has 0 spiro atoms. The van der Waals surface area contributed by atoms with Crippen molar-refractivity contribution in [3.63, 3.8) is 0 Å². The van der Waals surface area contributed by atoms with Crippen molar-refractivity contribution in [2.75, 3.05) is 12.8 Å². The van der Waals surface area contributed by atoms with Crippen LogP contribution in [0.5, 0.6) is 5.75 Å². The Morgan fingerprint density at radius 1 is 1.07 bits per heavy atom. The molecule has 3 aromatic rings. The Morgan fingerprint density at radius 2 is 1.85 bits per heavy atom. The summed E-state index contributed by atoms with van der Waals surface area (Å²) in [5.41, 5.74) is 2.71. The summed E-state index contributed by atoms with van der Waals surface area (Å²) in [6, 6.07) is 21.6. The van der Waals surface area contributed by atoms with Crippen LogP contribution in [0.1, 0.15) is 27.6 Å². The van der Waals surface area contributed by atoms with Crippen molar-refractivity contribution < 1.29 is 9.53 Å². The average Bonchev–Trinajstić information content (AvgIpc) is 2.93. The monoisotopic (exact) mass is 376 g/mol. The molecule has 5 heteroatoms. The van der Waals surface area contributed by atoms with Gasteiger partial charge in [-0.15, -0.1) is 11.8 Å². The molecule has 1 aromatic heterocycles. The van der Waals surface area contributed by atoms with E-state index >= 15 is 0 Å². The third kappa shape index (κ3) is 3.69. The van der Waals surface area contributed by atoms with Crippen molar-refractivity contribution in [1.82, 2.24) is 9.88 Å². The van der Waals surface area contributed by atoms with Gasteiger partial charge in [0.1, 0.15) is 16.9 Å². The number of carbonyl (C=O) groups is 1. The molecule has 0 saturated heterocycles. The number of fused-ring (bicyclic) bond motifs is 1. The molecule has 1 unspecified atom stereocenters. The summed E-state index contributed by atoms with van der Waals surface area (Å²) in [7, 11) is 0. The largest absolute Gasteiger partial charge is 0.484 e. The van der Waals surface area contributed by atoms with Gasteiger partial charge in [-0.1, -0.05) is 48.5 Å². The van der Waals surface area contributed by atoms with Crippen LogP contribution in [0.25, 0.3) is 0 Å². The molecule has 0 radical (unpaired) electrons. The number of pyridine rings is 1. The number of para-hydroxylation sites is 1. The number of nitrogens with zero attached hydrogens (tertiary/aromatic N) is 2. The minimum Gasteiger partial charge on any atom is -0.484 e. The molecule has 2 aromatic carbocycles. The van der Waals surface area contributed by atoms with Crippen molar-refractivity contribution in [2.24, 2.45) is 0 Å². The van der Waals surface area contributed by atoms with E-state index in [1.807, 2.05) is 77.9 Å². The maximum Gasteiger partial charge on any atom is 0.257 e. The molecular weight excluding hydrogens is 356 g/mol. The van der Waals surface area contributed by atoms with E-state index in [2.05, 4.69) is 4.98 Å². The van der Waals surface area contributed by atoms with Crippen molar-refractivity contribution >= 4 is 17.7 Å². The lowest BCUT2D eigenvalue weighted by molar-refractivity contribution is 0.0673. The highest BCUT2D eigenvalue weighted by Gasteiger charge is 2.28. The lowest BCUT2D eigenvalue weighted by atomic mass is 10.1. The molecule has 4 rings (SSSR count). The Morgan fingerprint density at radius 3 is 2.67 bits per heavy atom.